The summed E-state index contributed by atoms with van der Waals surface area (Å²) in [7, 11) is 0. The Balaban J connectivity index is 2.30. The average molecular weight is 264 g/mol. The first-order valence-electron chi connectivity index (χ1n) is 6.66. The lowest BCUT2D eigenvalue weighted by atomic mass is 9.97. The summed E-state index contributed by atoms with van der Waals surface area (Å²) < 4.78 is 13.5. The number of rotatable bonds is 4. The van der Waals surface area contributed by atoms with Gasteiger partial charge in [0.25, 0.3) is 0 Å². The maximum atomic E-state index is 13.5. The topological polar surface area (TPSA) is 35.5 Å². The van der Waals surface area contributed by atoms with Crippen LogP contribution in [0.25, 0.3) is 0 Å². The maximum absolute atomic E-state index is 13.5. The van der Waals surface area contributed by atoms with Gasteiger partial charge in [-0.25, -0.2) is 4.39 Å². The number of nitrogens with one attached hydrogen (secondary N) is 1. The molecule has 1 aliphatic rings. The molecule has 0 unspecified atom stereocenters. The zero-order chi connectivity index (χ0) is 13.8. The number of para-hydroxylation sites is 1. The summed E-state index contributed by atoms with van der Waals surface area (Å²) in [6.07, 6.45) is 0.733. The normalized spacial score (nSPS) is 18.2. The van der Waals surface area contributed by atoms with Gasteiger partial charge in [-0.2, -0.15) is 0 Å². The van der Waals surface area contributed by atoms with E-state index in [4.69, 9.17) is 0 Å². The van der Waals surface area contributed by atoms with Crippen LogP contribution in [-0.4, -0.2) is 36.2 Å². The van der Waals surface area contributed by atoms with Crippen LogP contribution < -0.4 is 5.32 Å². The molecule has 0 aliphatic carbocycles. The SMILES string of the molecule is C=C(C)C[C@H](c1cccc(F)c1O)N1CCNCC1. The molecule has 4 heteroatoms. The summed E-state index contributed by atoms with van der Waals surface area (Å²) in [6.45, 7) is 9.55. The lowest BCUT2D eigenvalue weighted by molar-refractivity contribution is 0.169. The largest absolute Gasteiger partial charge is 0.505 e. The van der Waals surface area contributed by atoms with Crippen molar-refractivity contribution in [1.29, 1.82) is 0 Å². The second-order valence-electron chi connectivity index (χ2n) is 5.14. The van der Waals surface area contributed by atoms with Gasteiger partial charge in [0.2, 0.25) is 0 Å². The van der Waals surface area contributed by atoms with Crippen LogP contribution in [0.5, 0.6) is 5.75 Å². The van der Waals surface area contributed by atoms with Crippen LogP contribution >= 0.6 is 0 Å². The predicted octanol–water partition coefficient (Wildman–Crippen LogP) is 2.44. The summed E-state index contributed by atoms with van der Waals surface area (Å²) in [5.41, 5.74) is 1.69. The molecule has 0 radical (unpaired) electrons. The van der Waals surface area contributed by atoms with Gasteiger partial charge >= 0.3 is 0 Å². The van der Waals surface area contributed by atoms with Gasteiger partial charge in [-0.3, -0.25) is 4.90 Å². The molecular weight excluding hydrogens is 243 g/mol. The van der Waals surface area contributed by atoms with Crippen molar-refractivity contribution < 1.29 is 9.50 Å². The van der Waals surface area contributed by atoms with Gasteiger partial charge in [-0.15, -0.1) is 6.58 Å². The van der Waals surface area contributed by atoms with Crippen LogP contribution in [0.1, 0.15) is 24.9 Å². The lowest BCUT2D eigenvalue weighted by Gasteiger charge is -2.35. The minimum absolute atomic E-state index is 0.00435. The Labute approximate surface area is 113 Å². The van der Waals surface area contributed by atoms with Gasteiger partial charge in [0.15, 0.2) is 11.6 Å². The van der Waals surface area contributed by atoms with Crippen molar-refractivity contribution in [1.82, 2.24) is 10.2 Å². The third-order valence-electron chi connectivity index (χ3n) is 3.51. The minimum Gasteiger partial charge on any atom is -0.505 e. The lowest BCUT2D eigenvalue weighted by Crippen LogP contribution is -2.45. The Morgan fingerprint density at radius 3 is 2.79 bits per heavy atom. The first-order valence-corrected chi connectivity index (χ1v) is 6.66. The fourth-order valence-corrected chi connectivity index (χ4v) is 2.56. The number of hydrogen-bond acceptors (Lipinski definition) is 3. The van der Waals surface area contributed by atoms with Crippen LogP contribution in [0.15, 0.2) is 30.4 Å². The molecule has 2 N–H and O–H groups in total. The van der Waals surface area contributed by atoms with E-state index >= 15 is 0 Å². The molecule has 1 atom stereocenters. The van der Waals surface area contributed by atoms with Crippen LogP contribution in [0.4, 0.5) is 4.39 Å². The molecule has 1 aromatic rings. The molecule has 1 heterocycles. The summed E-state index contributed by atoms with van der Waals surface area (Å²) in [6, 6.07) is 4.73. The van der Waals surface area contributed by atoms with Crippen molar-refractivity contribution in [3.05, 3.63) is 41.7 Å². The summed E-state index contributed by atoms with van der Waals surface area (Å²) >= 11 is 0. The van der Waals surface area contributed by atoms with Gasteiger partial charge in [-0.1, -0.05) is 17.7 Å². The van der Waals surface area contributed by atoms with Crippen LogP contribution in [0, 0.1) is 5.82 Å². The molecule has 3 nitrogen and oxygen atoms in total. The third kappa shape index (κ3) is 3.33. The molecule has 104 valence electrons. The van der Waals surface area contributed by atoms with Crippen molar-refractivity contribution >= 4 is 0 Å². The minimum atomic E-state index is -0.556. The zero-order valence-corrected chi connectivity index (χ0v) is 11.3. The zero-order valence-electron chi connectivity index (χ0n) is 11.3. The van der Waals surface area contributed by atoms with Gasteiger partial charge in [0.05, 0.1) is 0 Å². The number of halogens is 1. The van der Waals surface area contributed by atoms with E-state index in [0.717, 1.165) is 38.2 Å². The van der Waals surface area contributed by atoms with Crippen LogP contribution in [0.2, 0.25) is 0 Å². The second-order valence-corrected chi connectivity index (χ2v) is 5.14. The van der Waals surface area contributed by atoms with Gasteiger partial charge < -0.3 is 10.4 Å². The van der Waals surface area contributed by atoms with Gasteiger partial charge in [-0.05, 0) is 19.4 Å². The molecule has 0 spiro atoms. The molecule has 1 aromatic carbocycles. The van der Waals surface area contributed by atoms with E-state index in [0.29, 0.717) is 5.56 Å². The highest BCUT2D eigenvalue weighted by Gasteiger charge is 2.25. The fraction of sp³-hybridized carbons (Fsp3) is 0.467. The standard InChI is InChI=1S/C15H21FN2O/c1-11(2)10-14(18-8-6-17-7-9-18)12-4-3-5-13(16)15(12)19/h3-5,14,17,19H,1,6-10H2,2H3/t14-/m1/s1. The number of phenolic OH excluding ortho intramolecular Hbond substituents is 1. The molecule has 0 aromatic heterocycles. The Kier molecular flexibility index (Phi) is 4.56. The third-order valence-corrected chi connectivity index (χ3v) is 3.51. The number of piperazine rings is 1. The quantitative estimate of drug-likeness (QED) is 0.820. The number of benzene rings is 1. The van der Waals surface area contributed by atoms with Crippen molar-refractivity contribution in [3.8, 4) is 5.75 Å². The first kappa shape index (κ1) is 14.0. The molecule has 0 amide bonds. The summed E-state index contributed by atoms with van der Waals surface area (Å²) in [5.74, 6) is -0.786. The van der Waals surface area contributed by atoms with E-state index < -0.39 is 5.82 Å². The van der Waals surface area contributed by atoms with E-state index in [1.807, 2.05) is 6.92 Å². The number of hydrogen-bond donors (Lipinski definition) is 2. The highest BCUT2D eigenvalue weighted by molar-refractivity contribution is 5.36. The Hall–Kier alpha value is -1.39. The summed E-state index contributed by atoms with van der Waals surface area (Å²) in [5, 5.41) is 13.3. The molecule has 1 fully saturated rings. The maximum Gasteiger partial charge on any atom is 0.165 e. The van der Waals surface area contributed by atoms with E-state index in [1.165, 1.54) is 6.07 Å². The van der Waals surface area contributed by atoms with E-state index in [9.17, 15) is 9.50 Å². The molecule has 0 bridgehead atoms. The van der Waals surface area contributed by atoms with Crippen molar-refractivity contribution in [2.75, 3.05) is 26.2 Å². The van der Waals surface area contributed by atoms with Crippen molar-refractivity contribution in [3.63, 3.8) is 0 Å². The van der Waals surface area contributed by atoms with E-state index in [1.54, 1.807) is 12.1 Å². The predicted molar refractivity (Wildman–Crippen MR) is 74.7 cm³/mol. The Morgan fingerprint density at radius 2 is 2.16 bits per heavy atom. The molecule has 1 aliphatic heterocycles. The fourth-order valence-electron chi connectivity index (χ4n) is 2.56. The van der Waals surface area contributed by atoms with Gasteiger partial charge in [0.1, 0.15) is 0 Å². The highest BCUT2D eigenvalue weighted by Crippen LogP contribution is 2.34. The summed E-state index contributed by atoms with van der Waals surface area (Å²) in [4.78, 5) is 2.28. The smallest absolute Gasteiger partial charge is 0.165 e. The second kappa shape index (κ2) is 6.17. The van der Waals surface area contributed by atoms with Crippen LogP contribution in [-0.2, 0) is 0 Å². The molecule has 0 saturated carbocycles. The average Bonchev–Trinajstić information content (AvgIpc) is 2.40. The highest BCUT2D eigenvalue weighted by atomic mass is 19.1. The Bertz CT molecular complexity index is 455. The number of phenols is 1. The monoisotopic (exact) mass is 264 g/mol. The van der Waals surface area contributed by atoms with Gasteiger partial charge in [0, 0.05) is 37.8 Å². The molecular formula is C15H21FN2O. The number of aromatic hydroxyl groups is 1. The van der Waals surface area contributed by atoms with Crippen molar-refractivity contribution in [2.24, 2.45) is 0 Å². The molecule has 19 heavy (non-hydrogen) atoms. The van der Waals surface area contributed by atoms with Crippen LogP contribution in [0.3, 0.4) is 0 Å². The molecule has 1 saturated heterocycles. The van der Waals surface area contributed by atoms with Crippen molar-refractivity contribution in [2.45, 2.75) is 19.4 Å². The van der Waals surface area contributed by atoms with E-state index in [-0.39, 0.29) is 11.8 Å². The molecule has 2 rings (SSSR count). The Morgan fingerprint density at radius 1 is 1.47 bits per heavy atom. The number of nitrogens with zero attached hydrogens (tertiary/aromatic N) is 1. The first-order chi connectivity index (χ1) is 9.09. The van der Waals surface area contributed by atoms with E-state index in [2.05, 4.69) is 16.8 Å².